The van der Waals surface area contributed by atoms with E-state index in [0.717, 1.165) is 79.1 Å². The van der Waals surface area contributed by atoms with Crippen LogP contribution in [0.4, 0.5) is 23.5 Å². The lowest BCUT2D eigenvalue weighted by Gasteiger charge is -2.21. The quantitative estimate of drug-likeness (QED) is 0.0207. The van der Waals surface area contributed by atoms with Crippen molar-refractivity contribution in [2.24, 2.45) is 11.5 Å². The molecule has 65 heavy (non-hydrogen) atoms. The van der Waals surface area contributed by atoms with Crippen LogP contribution in [0.1, 0.15) is 73.8 Å². The molecular weight excluding hydrogens is 825 g/mol. The Morgan fingerprint density at radius 1 is 0.692 bits per heavy atom. The van der Waals surface area contributed by atoms with E-state index in [4.69, 9.17) is 46.8 Å². The third-order valence-corrected chi connectivity index (χ3v) is 10.7. The first-order valence-electron chi connectivity index (χ1n) is 22.1. The maximum Gasteiger partial charge on any atom is 0.240 e. The number of pyridine rings is 1. The van der Waals surface area contributed by atoms with Crippen molar-refractivity contribution >= 4 is 45.6 Å². The Morgan fingerprint density at radius 2 is 1.29 bits per heavy atom. The van der Waals surface area contributed by atoms with E-state index in [2.05, 4.69) is 91.2 Å². The Balaban J connectivity index is 1.06. The Hall–Kier alpha value is -6.71. The topological polar surface area (TPSA) is 269 Å². The molecule has 0 aliphatic carbocycles. The fourth-order valence-corrected chi connectivity index (χ4v) is 7.42. The number of benzene rings is 2. The first kappa shape index (κ1) is 46.3. The first-order chi connectivity index (χ1) is 31.7. The molecule has 0 bridgehead atoms. The second-order valence-corrected chi connectivity index (χ2v) is 15.8. The summed E-state index contributed by atoms with van der Waals surface area (Å²) in [5, 5.41) is 23.5. The summed E-state index contributed by atoms with van der Waals surface area (Å²) in [7, 11) is 3.35. The van der Waals surface area contributed by atoms with Gasteiger partial charge in [-0.25, -0.2) is 15.4 Å². The second kappa shape index (κ2) is 22.8. The summed E-state index contributed by atoms with van der Waals surface area (Å²) in [5.41, 5.74) is 32.7. The molecule has 2 atom stereocenters. The Bertz CT molecular complexity index is 2600. The number of hydrogen-bond acceptors (Lipinski definition) is 18. The van der Waals surface area contributed by atoms with Gasteiger partial charge in [0, 0.05) is 43.2 Å². The van der Waals surface area contributed by atoms with Gasteiger partial charge in [-0.05, 0) is 73.3 Å². The number of rotatable bonds is 26. The fourth-order valence-electron chi connectivity index (χ4n) is 7.42. The van der Waals surface area contributed by atoms with Crippen LogP contribution >= 0.6 is 0 Å². The number of aromatic nitrogens is 9. The van der Waals surface area contributed by atoms with Gasteiger partial charge in [-0.15, -0.1) is 0 Å². The van der Waals surface area contributed by atoms with Gasteiger partial charge in [-0.2, -0.15) is 20.2 Å². The molecule has 5 heterocycles. The van der Waals surface area contributed by atoms with E-state index in [0.29, 0.717) is 72.3 Å². The molecule has 0 spiro atoms. The SMILES string of the molecule is CCCC(N)Nc1nc(NNC(CCC)Nc2nc(N)nc3cn(Cc4ccc(CNCCCN)cc4OC)nc23)nc2cn(Cc3ccc(CNCc4ccncc4)cc3OC)nc12. The van der Waals surface area contributed by atoms with Crippen molar-refractivity contribution in [2.75, 3.05) is 49.1 Å². The minimum absolute atomic E-state index is 0.124. The fraction of sp³-hybridized carbons (Fsp3) is 0.400. The van der Waals surface area contributed by atoms with Crippen LogP contribution in [0, 0.1) is 0 Å². The number of nitrogens with one attached hydrogen (secondary N) is 6. The molecule has 0 aliphatic rings. The highest BCUT2D eigenvalue weighted by Crippen LogP contribution is 2.27. The average Bonchev–Trinajstić information content (AvgIpc) is 3.91. The zero-order valence-corrected chi connectivity index (χ0v) is 37.6. The molecule has 20 heteroatoms. The third kappa shape index (κ3) is 12.5. The van der Waals surface area contributed by atoms with Crippen LogP contribution < -0.4 is 58.8 Å². The van der Waals surface area contributed by atoms with Gasteiger partial charge in [0.05, 0.1) is 52.0 Å². The molecule has 20 nitrogen and oxygen atoms in total. The smallest absolute Gasteiger partial charge is 0.240 e. The predicted molar refractivity (Wildman–Crippen MR) is 255 cm³/mol. The normalized spacial score (nSPS) is 12.4. The highest BCUT2D eigenvalue weighted by molar-refractivity contribution is 5.87. The number of nitrogens with two attached hydrogens (primary N) is 3. The molecule has 12 N–H and O–H groups in total. The lowest BCUT2D eigenvalue weighted by atomic mass is 10.1. The van der Waals surface area contributed by atoms with Gasteiger partial charge in [-0.3, -0.25) is 19.8 Å². The van der Waals surface area contributed by atoms with E-state index in [1.54, 1.807) is 26.6 Å². The van der Waals surface area contributed by atoms with E-state index in [1.807, 2.05) is 40.0 Å². The zero-order chi connectivity index (χ0) is 45.5. The minimum atomic E-state index is -0.337. The lowest BCUT2D eigenvalue weighted by molar-refractivity contribution is 0.406. The van der Waals surface area contributed by atoms with Gasteiger partial charge in [0.25, 0.3) is 0 Å². The largest absolute Gasteiger partial charge is 0.496 e. The van der Waals surface area contributed by atoms with E-state index in [9.17, 15) is 0 Å². The molecule has 0 fully saturated rings. The lowest BCUT2D eigenvalue weighted by Crippen LogP contribution is -2.41. The molecule has 344 valence electrons. The highest BCUT2D eigenvalue weighted by Gasteiger charge is 2.19. The summed E-state index contributed by atoms with van der Waals surface area (Å²) in [6.07, 6.45) is 10.8. The van der Waals surface area contributed by atoms with Crippen LogP contribution in [0.2, 0.25) is 0 Å². The number of hydrogen-bond donors (Lipinski definition) is 9. The number of hydrazine groups is 1. The van der Waals surface area contributed by atoms with E-state index < -0.39 is 0 Å². The number of ether oxygens (including phenoxy) is 2. The summed E-state index contributed by atoms with van der Waals surface area (Å²) < 4.78 is 15.3. The molecule has 0 amide bonds. The summed E-state index contributed by atoms with van der Waals surface area (Å²) in [6.45, 7) is 8.76. The first-order valence-corrected chi connectivity index (χ1v) is 22.1. The Morgan fingerprint density at radius 3 is 1.91 bits per heavy atom. The molecule has 2 aromatic carbocycles. The van der Waals surface area contributed by atoms with Crippen molar-refractivity contribution in [1.82, 2.24) is 60.5 Å². The van der Waals surface area contributed by atoms with Crippen LogP contribution in [0.25, 0.3) is 22.1 Å². The van der Waals surface area contributed by atoms with Crippen molar-refractivity contribution in [3.63, 3.8) is 0 Å². The van der Waals surface area contributed by atoms with Gasteiger partial charge < -0.3 is 47.9 Å². The highest BCUT2D eigenvalue weighted by atomic mass is 16.5. The molecule has 7 rings (SSSR count). The number of methoxy groups -OCH3 is 2. The van der Waals surface area contributed by atoms with Crippen LogP contribution in [-0.2, 0) is 32.7 Å². The van der Waals surface area contributed by atoms with Crippen molar-refractivity contribution in [2.45, 2.75) is 91.0 Å². The molecule has 0 saturated carbocycles. The average molecular weight is 887 g/mol. The molecule has 2 unspecified atom stereocenters. The predicted octanol–water partition coefficient (Wildman–Crippen LogP) is 4.44. The van der Waals surface area contributed by atoms with Gasteiger partial charge in [-0.1, -0.05) is 51.0 Å². The van der Waals surface area contributed by atoms with Crippen molar-refractivity contribution in [3.05, 3.63) is 101 Å². The van der Waals surface area contributed by atoms with E-state index in [-0.39, 0.29) is 18.3 Å². The van der Waals surface area contributed by atoms with E-state index in [1.165, 1.54) is 5.56 Å². The van der Waals surface area contributed by atoms with Gasteiger partial charge in [0.15, 0.2) is 22.7 Å². The standard InChI is InChI=1S/C45H62N18O2/c1-5-8-38(47)54-42-41-35(28-63(61-41)26-33-13-11-31(21-37(33)65-4)24-51-22-29-14-18-49-19-15-29)53-45(57-42)59-58-39(9-6-2)55-43-40-34(52-44(48)56-43)27-62(60-40)25-32-12-10-30(20-36(32)64-3)23-50-17-7-16-46/h10-15,18-21,27-28,38-39,50-51,58H,5-9,16-17,22-26,46-47H2,1-4H3,(H3,48,52,55,56)(H2,53,54,57,59). The zero-order valence-electron chi connectivity index (χ0n) is 37.6. The number of nitrogen functional groups attached to an aromatic ring is 1. The summed E-state index contributed by atoms with van der Waals surface area (Å²) >= 11 is 0. The van der Waals surface area contributed by atoms with Crippen LogP contribution in [0.3, 0.4) is 0 Å². The molecule has 0 saturated heterocycles. The van der Waals surface area contributed by atoms with Gasteiger partial charge in [0.2, 0.25) is 11.9 Å². The Kier molecular flexibility index (Phi) is 16.2. The van der Waals surface area contributed by atoms with Gasteiger partial charge in [0.1, 0.15) is 22.5 Å². The minimum Gasteiger partial charge on any atom is -0.496 e. The van der Waals surface area contributed by atoms with Crippen LogP contribution in [0.15, 0.2) is 73.3 Å². The monoisotopic (exact) mass is 887 g/mol. The van der Waals surface area contributed by atoms with Crippen molar-refractivity contribution in [1.29, 1.82) is 0 Å². The number of anilines is 4. The van der Waals surface area contributed by atoms with E-state index >= 15 is 0 Å². The summed E-state index contributed by atoms with van der Waals surface area (Å²) in [6, 6.07) is 16.4. The summed E-state index contributed by atoms with van der Waals surface area (Å²) in [5.74, 6) is 3.00. The van der Waals surface area contributed by atoms with Crippen molar-refractivity contribution in [3.8, 4) is 11.5 Å². The maximum atomic E-state index is 6.48. The Labute approximate surface area is 378 Å². The summed E-state index contributed by atoms with van der Waals surface area (Å²) in [4.78, 5) is 22.8. The molecule has 0 radical (unpaired) electrons. The molecule has 0 aliphatic heterocycles. The second-order valence-electron chi connectivity index (χ2n) is 15.8. The van der Waals surface area contributed by atoms with Crippen molar-refractivity contribution < 1.29 is 9.47 Å². The van der Waals surface area contributed by atoms with Gasteiger partial charge >= 0.3 is 0 Å². The number of fused-ring (bicyclic) bond motifs is 2. The molecular formula is C45H62N18O2. The maximum absolute atomic E-state index is 6.48. The van der Waals surface area contributed by atoms with Crippen LogP contribution in [0.5, 0.6) is 11.5 Å². The molecule has 7 aromatic rings. The molecule has 5 aromatic heterocycles. The van der Waals surface area contributed by atoms with Crippen LogP contribution in [-0.4, -0.2) is 84.1 Å². The number of nitrogens with zero attached hydrogens (tertiary/aromatic N) is 9. The third-order valence-electron chi connectivity index (χ3n) is 10.7.